The smallest absolute Gasteiger partial charge is 0.0921 e. The highest BCUT2D eigenvalue weighted by atomic mass is 14.9. The molecule has 10 heavy (non-hydrogen) atoms. The number of imidazole rings is 1. The van der Waals surface area contributed by atoms with Crippen molar-refractivity contribution in [2.24, 2.45) is 0 Å². The van der Waals surface area contributed by atoms with Crippen LogP contribution in [0.4, 0.5) is 0 Å². The summed E-state index contributed by atoms with van der Waals surface area (Å²) in [6.45, 7) is 8.26. The van der Waals surface area contributed by atoms with Gasteiger partial charge in [0.05, 0.1) is 6.33 Å². The minimum Gasteiger partial charge on any atom is -0.348 e. The molecule has 1 aromatic rings. The third kappa shape index (κ3) is 2.67. The van der Waals surface area contributed by atoms with Gasteiger partial charge in [-0.2, -0.15) is 0 Å². The molecule has 0 aromatic carbocycles. The normalized spacial score (nSPS) is 8.90. The predicted octanol–water partition coefficient (Wildman–Crippen LogP) is 2.81. The highest BCUT2D eigenvalue weighted by molar-refractivity contribution is 4.99. The van der Waals surface area contributed by atoms with Crippen LogP contribution in [0.2, 0.25) is 0 Å². The Bertz CT molecular complexity index is 147. The topological polar surface area (TPSA) is 28.7 Å². The predicted molar refractivity (Wildman–Crippen MR) is 46.1 cm³/mol. The lowest BCUT2D eigenvalue weighted by atomic mass is 10.2. The van der Waals surface area contributed by atoms with Crippen LogP contribution in [-0.2, 0) is 0 Å². The molecule has 0 saturated heterocycles. The van der Waals surface area contributed by atoms with Gasteiger partial charge in [0.15, 0.2) is 0 Å². The molecular formula is C8H18N2. The molecule has 2 heteroatoms. The second-order valence-electron chi connectivity index (χ2n) is 2.16. The molecule has 0 aliphatic carbocycles. The summed E-state index contributed by atoms with van der Waals surface area (Å²) in [6.07, 6.45) is 3.56. The van der Waals surface area contributed by atoms with Gasteiger partial charge in [0.2, 0.25) is 0 Å². The molecule has 0 amide bonds. The van der Waals surface area contributed by atoms with E-state index in [4.69, 9.17) is 0 Å². The standard InChI is InChI=1S/C6H10N2.C2H6.H2/c1-5(2)6-3-7-4-8-6;1-2;/h3-5H,1-2H3,(H,7,8);1-2H3;1H. The van der Waals surface area contributed by atoms with Crippen molar-refractivity contribution in [1.29, 1.82) is 0 Å². The first kappa shape index (κ1) is 9.21. The van der Waals surface area contributed by atoms with Crippen molar-refractivity contribution in [3.63, 3.8) is 0 Å². The van der Waals surface area contributed by atoms with E-state index in [9.17, 15) is 0 Å². The van der Waals surface area contributed by atoms with E-state index in [0.717, 1.165) is 0 Å². The third-order valence-electron chi connectivity index (χ3n) is 1.14. The van der Waals surface area contributed by atoms with Crippen LogP contribution in [0.25, 0.3) is 0 Å². The Labute approximate surface area is 64.2 Å². The first-order chi connectivity index (χ1) is 4.80. The molecule has 0 atom stereocenters. The zero-order chi connectivity index (χ0) is 7.98. The van der Waals surface area contributed by atoms with Crippen molar-refractivity contribution in [3.05, 3.63) is 18.2 Å². The largest absolute Gasteiger partial charge is 0.348 e. The molecule has 1 rings (SSSR count). The van der Waals surface area contributed by atoms with Gasteiger partial charge in [0.1, 0.15) is 0 Å². The van der Waals surface area contributed by atoms with E-state index in [1.807, 2.05) is 20.0 Å². The number of hydrogen-bond donors (Lipinski definition) is 1. The van der Waals surface area contributed by atoms with Gasteiger partial charge in [-0.15, -0.1) is 0 Å². The van der Waals surface area contributed by atoms with Gasteiger partial charge in [0.25, 0.3) is 0 Å². The molecule has 0 unspecified atom stereocenters. The lowest BCUT2D eigenvalue weighted by Crippen LogP contribution is -1.84. The maximum Gasteiger partial charge on any atom is 0.0921 e. The number of nitrogens with one attached hydrogen (secondary N) is 1. The Balaban J connectivity index is 0. The lowest BCUT2D eigenvalue weighted by Gasteiger charge is -1.95. The molecule has 0 fully saturated rings. The van der Waals surface area contributed by atoms with E-state index < -0.39 is 0 Å². The van der Waals surface area contributed by atoms with Crippen molar-refractivity contribution in [1.82, 2.24) is 9.97 Å². The summed E-state index contributed by atoms with van der Waals surface area (Å²) >= 11 is 0. The Morgan fingerprint density at radius 1 is 1.50 bits per heavy atom. The number of aromatic amines is 1. The lowest BCUT2D eigenvalue weighted by molar-refractivity contribution is 0.832. The summed E-state index contributed by atoms with van der Waals surface area (Å²) in [5.74, 6) is 0.567. The van der Waals surface area contributed by atoms with E-state index in [1.54, 1.807) is 6.33 Å². The van der Waals surface area contributed by atoms with Crippen LogP contribution in [0.5, 0.6) is 0 Å². The van der Waals surface area contributed by atoms with Gasteiger partial charge in [-0.1, -0.05) is 27.7 Å². The monoisotopic (exact) mass is 142 g/mol. The van der Waals surface area contributed by atoms with E-state index in [2.05, 4.69) is 23.8 Å². The average molecular weight is 142 g/mol. The minimum absolute atomic E-state index is 0. The SMILES string of the molecule is CC.CC(C)c1cnc[nH]1.[HH]. The molecule has 0 radical (unpaired) electrons. The van der Waals surface area contributed by atoms with Gasteiger partial charge >= 0.3 is 0 Å². The van der Waals surface area contributed by atoms with Gasteiger partial charge in [-0.3, -0.25) is 0 Å². The molecule has 0 aliphatic heterocycles. The van der Waals surface area contributed by atoms with E-state index in [-0.39, 0.29) is 1.43 Å². The fourth-order valence-corrected chi connectivity index (χ4v) is 0.582. The van der Waals surface area contributed by atoms with Crippen LogP contribution in [0, 0.1) is 0 Å². The molecule has 0 bridgehead atoms. The summed E-state index contributed by atoms with van der Waals surface area (Å²) in [5.41, 5.74) is 1.20. The number of hydrogen-bond acceptors (Lipinski definition) is 1. The van der Waals surface area contributed by atoms with Crippen LogP contribution < -0.4 is 0 Å². The minimum atomic E-state index is 0. The highest BCUT2D eigenvalue weighted by Gasteiger charge is 1.95. The summed E-state index contributed by atoms with van der Waals surface area (Å²) in [7, 11) is 0. The summed E-state index contributed by atoms with van der Waals surface area (Å²) in [6, 6.07) is 0. The zero-order valence-corrected chi connectivity index (χ0v) is 7.18. The molecule has 1 N–H and O–H groups in total. The number of rotatable bonds is 1. The zero-order valence-electron chi connectivity index (χ0n) is 7.18. The summed E-state index contributed by atoms with van der Waals surface area (Å²) in [5, 5.41) is 0. The maximum absolute atomic E-state index is 3.89. The quantitative estimate of drug-likeness (QED) is 0.641. The average Bonchev–Trinajstić information content (AvgIpc) is 2.42. The summed E-state index contributed by atoms with van der Waals surface area (Å²) in [4.78, 5) is 6.91. The Morgan fingerprint density at radius 3 is 2.30 bits per heavy atom. The molecule has 0 saturated carbocycles. The van der Waals surface area contributed by atoms with E-state index in [0.29, 0.717) is 5.92 Å². The molecule has 1 aromatic heterocycles. The summed E-state index contributed by atoms with van der Waals surface area (Å²) < 4.78 is 0. The number of nitrogens with zero attached hydrogens (tertiary/aromatic N) is 1. The van der Waals surface area contributed by atoms with Crippen molar-refractivity contribution in [2.45, 2.75) is 33.6 Å². The van der Waals surface area contributed by atoms with Crippen LogP contribution in [-0.4, -0.2) is 9.97 Å². The van der Waals surface area contributed by atoms with E-state index >= 15 is 0 Å². The maximum atomic E-state index is 3.89. The van der Waals surface area contributed by atoms with Gasteiger partial charge < -0.3 is 4.98 Å². The first-order valence-corrected chi connectivity index (χ1v) is 3.79. The Morgan fingerprint density at radius 2 is 2.10 bits per heavy atom. The third-order valence-corrected chi connectivity index (χ3v) is 1.14. The van der Waals surface area contributed by atoms with Crippen molar-refractivity contribution in [2.75, 3.05) is 0 Å². The molecule has 0 aliphatic rings. The van der Waals surface area contributed by atoms with Crippen LogP contribution >= 0.6 is 0 Å². The molecule has 60 valence electrons. The van der Waals surface area contributed by atoms with Crippen LogP contribution in [0.15, 0.2) is 12.5 Å². The van der Waals surface area contributed by atoms with Crippen LogP contribution in [0.3, 0.4) is 0 Å². The van der Waals surface area contributed by atoms with Crippen molar-refractivity contribution in [3.8, 4) is 0 Å². The first-order valence-electron chi connectivity index (χ1n) is 3.79. The Kier molecular flexibility index (Phi) is 4.63. The fourth-order valence-electron chi connectivity index (χ4n) is 0.582. The molecular weight excluding hydrogens is 124 g/mol. The van der Waals surface area contributed by atoms with Gasteiger partial charge in [0, 0.05) is 13.3 Å². The van der Waals surface area contributed by atoms with Crippen molar-refractivity contribution < 1.29 is 1.43 Å². The second-order valence-corrected chi connectivity index (χ2v) is 2.16. The highest BCUT2D eigenvalue weighted by Crippen LogP contribution is 2.07. The second kappa shape index (κ2) is 5.03. The molecule has 2 nitrogen and oxygen atoms in total. The van der Waals surface area contributed by atoms with Crippen molar-refractivity contribution >= 4 is 0 Å². The molecule has 1 heterocycles. The van der Waals surface area contributed by atoms with E-state index in [1.165, 1.54) is 5.69 Å². The molecule has 0 spiro atoms. The van der Waals surface area contributed by atoms with Gasteiger partial charge in [-0.05, 0) is 5.92 Å². The number of aromatic nitrogens is 2. The Hall–Kier alpha value is -0.790. The number of H-pyrrole nitrogens is 1. The van der Waals surface area contributed by atoms with Gasteiger partial charge in [-0.25, -0.2) is 4.98 Å². The van der Waals surface area contributed by atoms with Crippen LogP contribution in [0.1, 0.15) is 40.7 Å². The fraction of sp³-hybridized carbons (Fsp3) is 0.625.